The lowest BCUT2D eigenvalue weighted by atomic mass is 9.98. The zero-order valence-electron chi connectivity index (χ0n) is 9.40. The Morgan fingerprint density at radius 2 is 1.35 bits per heavy atom. The minimum atomic E-state index is 0. The summed E-state index contributed by atoms with van der Waals surface area (Å²) in [6.45, 7) is 0.647. The van der Waals surface area contributed by atoms with Crippen molar-refractivity contribution in [1.82, 2.24) is 0 Å². The van der Waals surface area contributed by atoms with Crippen molar-refractivity contribution in [3.63, 3.8) is 0 Å². The minimum Gasteiger partial charge on any atom is -1.00 e. The number of benzene rings is 2. The monoisotopic (exact) mass is 244 g/mol. The Morgan fingerprint density at radius 1 is 0.882 bits per heavy atom. The molecule has 0 radical (unpaired) electrons. The van der Waals surface area contributed by atoms with Crippen LogP contribution in [-0.4, -0.2) is 6.61 Å². The van der Waals surface area contributed by atoms with E-state index in [-0.39, 0.29) is 12.4 Å². The quantitative estimate of drug-likeness (QED) is 0.704. The highest BCUT2D eigenvalue weighted by molar-refractivity contribution is 5.78. The van der Waals surface area contributed by atoms with Crippen LogP contribution in [0.4, 0.5) is 0 Å². The highest BCUT2D eigenvalue weighted by Gasteiger charge is 2.28. The number of hydrogen-bond donors (Lipinski definition) is 0. The molecule has 1 nitrogen and oxygen atoms in total. The van der Waals surface area contributed by atoms with Crippen LogP contribution < -0.4 is 12.4 Å². The topological polar surface area (TPSA) is 9.23 Å². The third kappa shape index (κ3) is 1.82. The van der Waals surface area contributed by atoms with Gasteiger partial charge >= 0.3 is 0 Å². The molecule has 0 amide bonds. The van der Waals surface area contributed by atoms with Crippen molar-refractivity contribution in [1.29, 1.82) is 0 Å². The van der Waals surface area contributed by atoms with Crippen LogP contribution >= 0.6 is 0 Å². The van der Waals surface area contributed by atoms with Crippen molar-refractivity contribution in [2.45, 2.75) is 5.92 Å². The van der Waals surface area contributed by atoms with E-state index >= 15 is 0 Å². The van der Waals surface area contributed by atoms with Crippen LogP contribution in [0.5, 0.6) is 0 Å². The lowest BCUT2D eigenvalue weighted by Crippen LogP contribution is -3.00. The third-order valence-corrected chi connectivity index (χ3v) is 3.25. The van der Waals surface area contributed by atoms with Crippen LogP contribution in [0.3, 0.4) is 0 Å². The lowest BCUT2D eigenvalue weighted by molar-refractivity contribution is -0.00000344. The molecule has 0 aliphatic heterocycles. The SMILES string of the molecule is [CH2+]OCC1c2ccccc2-c2ccccc21.[Cl-]. The summed E-state index contributed by atoms with van der Waals surface area (Å²) in [5, 5.41) is 0. The van der Waals surface area contributed by atoms with Gasteiger partial charge in [-0.2, -0.15) is 4.74 Å². The smallest absolute Gasteiger partial charge is 0.213 e. The van der Waals surface area contributed by atoms with Gasteiger partial charge in [-0.1, -0.05) is 48.5 Å². The van der Waals surface area contributed by atoms with Crippen LogP contribution in [0.1, 0.15) is 17.0 Å². The molecule has 0 aromatic heterocycles. The van der Waals surface area contributed by atoms with Gasteiger partial charge in [0.25, 0.3) is 0 Å². The molecule has 86 valence electrons. The van der Waals surface area contributed by atoms with Crippen molar-refractivity contribution in [3.05, 3.63) is 66.8 Å². The van der Waals surface area contributed by atoms with E-state index in [1.54, 1.807) is 0 Å². The van der Waals surface area contributed by atoms with Gasteiger partial charge in [0.1, 0.15) is 6.61 Å². The number of halogens is 1. The zero-order chi connectivity index (χ0) is 11.0. The molecule has 1 aliphatic carbocycles. The molecule has 0 N–H and O–H groups in total. The first-order valence-corrected chi connectivity index (χ1v) is 5.47. The number of fused-ring (bicyclic) bond motifs is 3. The Morgan fingerprint density at radius 3 is 1.82 bits per heavy atom. The van der Waals surface area contributed by atoms with Crippen molar-refractivity contribution in [2.75, 3.05) is 6.61 Å². The molecule has 2 heteroatoms. The van der Waals surface area contributed by atoms with Gasteiger partial charge in [-0.25, -0.2) is 0 Å². The van der Waals surface area contributed by atoms with Crippen molar-refractivity contribution < 1.29 is 17.1 Å². The summed E-state index contributed by atoms with van der Waals surface area (Å²) in [5.41, 5.74) is 5.38. The molecule has 1 aliphatic rings. The van der Waals surface area contributed by atoms with Crippen molar-refractivity contribution >= 4 is 0 Å². The average Bonchev–Trinajstić information content (AvgIpc) is 2.66. The fourth-order valence-corrected chi connectivity index (χ4v) is 2.56. The van der Waals surface area contributed by atoms with Crippen LogP contribution in [0, 0.1) is 7.11 Å². The Balaban J connectivity index is 0.00000108. The summed E-state index contributed by atoms with van der Waals surface area (Å²) in [4.78, 5) is 0. The van der Waals surface area contributed by atoms with Gasteiger partial charge in [0.05, 0.1) is 0 Å². The second-order valence-electron chi connectivity index (χ2n) is 4.10. The Bertz CT molecular complexity index is 476. The van der Waals surface area contributed by atoms with Gasteiger partial charge in [-0.3, -0.25) is 0 Å². The largest absolute Gasteiger partial charge is 1.00 e. The molecule has 2 aromatic rings. The Kier molecular flexibility index (Phi) is 3.41. The molecule has 0 saturated heterocycles. The predicted octanol–water partition coefficient (Wildman–Crippen LogP) is 0.611. The first kappa shape index (κ1) is 12.0. The highest BCUT2D eigenvalue weighted by Crippen LogP contribution is 2.44. The second-order valence-corrected chi connectivity index (χ2v) is 4.10. The minimum absolute atomic E-state index is 0. The molecule has 3 rings (SSSR count). The summed E-state index contributed by atoms with van der Waals surface area (Å²) in [7, 11) is 3.50. The first-order chi connectivity index (χ1) is 7.92. The standard InChI is InChI=1S/C15H13O.ClH/c1-16-10-15-13-8-4-2-6-11(13)12-7-3-5-9-14(12)15;/h2-9,15H,1,10H2;1H/q+1;/p-1. The first-order valence-electron chi connectivity index (χ1n) is 5.47. The van der Waals surface area contributed by atoms with E-state index in [0.717, 1.165) is 0 Å². The molecule has 0 fully saturated rings. The molecule has 2 aromatic carbocycles. The lowest BCUT2D eigenvalue weighted by Gasteiger charge is -2.08. The molecule has 0 bridgehead atoms. The Hall–Kier alpha value is -1.44. The number of hydrogen-bond acceptors (Lipinski definition) is 1. The molecule has 0 atom stereocenters. The number of rotatable bonds is 2. The molecule has 17 heavy (non-hydrogen) atoms. The summed E-state index contributed by atoms with van der Waals surface area (Å²) in [5.74, 6) is 0.338. The molecular formula is C15H13ClO. The number of ether oxygens (including phenoxy) is 1. The summed E-state index contributed by atoms with van der Waals surface area (Å²) in [6.07, 6.45) is 0. The molecular weight excluding hydrogens is 232 g/mol. The van der Waals surface area contributed by atoms with Gasteiger partial charge < -0.3 is 12.4 Å². The van der Waals surface area contributed by atoms with E-state index in [9.17, 15) is 0 Å². The van der Waals surface area contributed by atoms with Crippen LogP contribution in [0.25, 0.3) is 11.1 Å². The van der Waals surface area contributed by atoms with Gasteiger partial charge in [0, 0.05) is 5.92 Å². The van der Waals surface area contributed by atoms with Gasteiger partial charge in [0.2, 0.25) is 7.11 Å². The van der Waals surface area contributed by atoms with Crippen LogP contribution in [-0.2, 0) is 4.74 Å². The van der Waals surface area contributed by atoms with Gasteiger partial charge in [-0.05, 0) is 22.3 Å². The third-order valence-electron chi connectivity index (χ3n) is 3.25. The van der Waals surface area contributed by atoms with Crippen molar-refractivity contribution in [3.8, 4) is 11.1 Å². The van der Waals surface area contributed by atoms with Gasteiger partial charge in [0.15, 0.2) is 0 Å². The molecule has 0 unspecified atom stereocenters. The normalized spacial score (nSPS) is 12.7. The fourth-order valence-electron chi connectivity index (χ4n) is 2.56. The van der Waals surface area contributed by atoms with E-state index in [4.69, 9.17) is 4.74 Å². The fraction of sp³-hybridized carbons (Fsp3) is 0.133. The summed E-state index contributed by atoms with van der Waals surface area (Å²) in [6, 6.07) is 17.1. The van der Waals surface area contributed by atoms with Gasteiger partial charge in [-0.15, -0.1) is 0 Å². The molecule has 0 spiro atoms. The van der Waals surface area contributed by atoms with E-state index in [1.165, 1.54) is 22.3 Å². The maximum Gasteiger partial charge on any atom is 0.213 e. The maximum atomic E-state index is 5.09. The van der Waals surface area contributed by atoms with E-state index < -0.39 is 0 Å². The second kappa shape index (κ2) is 4.82. The van der Waals surface area contributed by atoms with E-state index in [1.807, 2.05) is 0 Å². The van der Waals surface area contributed by atoms with Crippen LogP contribution in [0.2, 0.25) is 0 Å². The van der Waals surface area contributed by atoms with E-state index in [0.29, 0.717) is 12.5 Å². The predicted molar refractivity (Wildman–Crippen MR) is 65.0 cm³/mol. The molecule has 0 saturated carbocycles. The highest BCUT2D eigenvalue weighted by atomic mass is 35.5. The maximum absolute atomic E-state index is 5.09. The summed E-state index contributed by atoms with van der Waals surface area (Å²) >= 11 is 0. The Labute approximate surface area is 108 Å². The average molecular weight is 245 g/mol. The van der Waals surface area contributed by atoms with E-state index in [2.05, 4.69) is 55.6 Å². The van der Waals surface area contributed by atoms with Crippen LogP contribution in [0.15, 0.2) is 48.5 Å². The van der Waals surface area contributed by atoms with Crippen molar-refractivity contribution in [2.24, 2.45) is 0 Å². The molecule has 0 heterocycles. The summed E-state index contributed by atoms with van der Waals surface area (Å²) < 4.78 is 5.09. The zero-order valence-corrected chi connectivity index (χ0v) is 10.2.